The zero-order chi connectivity index (χ0) is 17.1. The normalized spacial score (nSPS) is 16.0. The Bertz CT molecular complexity index is 714. The number of aryl methyl sites for hydroxylation is 1. The van der Waals surface area contributed by atoms with Crippen molar-refractivity contribution in [1.82, 2.24) is 10.5 Å². The lowest BCUT2D eigenvalue weighted by atomic mass is 10.0. The second kappa shape index (κ2) is 7.58. The molecule has 128 valence electrons. The fourth-order valence-electron chi connectivity index (χ4n) is 3.22. The van der Waals surface area contributed by atoms with Crippen LogP contribution in [0, 0.1) is 6.92 Å². The van der Waals surface area contributed by atoms with Crippen LogP contribution < -0.4 is 5.32 Å². The van der Waals surface area contributed by atoms with Crippen LogP contribution in [0.15, 0.2) is 22.7 Å². The highest BCUT2D eigenvalue weighted by atomic mass is 35.5. The summed E-state index contributed by atoms with van der Waals surface area (Å²) in [4.78, 5) is 12.8. The lowest BCUT2D eigenvalue weighted by Gasteiger charge is -2.16. The average molecular weight is 367 g/mol. The van der Waals surface area contributed by atoms with E-state index < -0.39 is 0 Å². The summed E-state index contributed by atoms with van der Waals surface area (Å²) >= 11 is 12.5. The van der Waals surface area contributed by atoms with E-state index in [1.54, 1.807) is 25.1 Å². The molecule has 24 heavy (non-hydrogen) atoms. The van der Waals surface area contributed by atoms with Crippen molar-refractivity contribution in [3.05, 3.63) is 39.6 Å². The van der Waals surface area contributed by atoms with Crippen molar-refractivity contribution in [1.29, 1.82) is 0 Å². The van der Waals surface area contributed by atoms with E-state index in [1.807, 2.05) is 0 Å². The summed E-state index contributed by atoms with van der Waals surface area (Å²) in [6.07, 6.45) is 6.79. The van der Waals surface area contributed by atoms with Crippen molar-refractivity contribution in [2.75, 3.05) is 0 Å². The number of carbonyl (C=O) groups excluding carboxylic acids is 1. The maximum absolute atomic E-state index is 12.8. The van der Waals surface area contributed by atoms with E-state index in [2.05, 4.69) is 10.5 Å². The molecule has 1 amide bonds. The van der Waals surface area contributed by atoms with Crippen LogP contribution in [0.3, 0.4) is 0 Å². The molecule has 0 bridgehead atoms. The van der Waals surface area contributed by atoms with Crippen LogP contribution >= 0.6 is 23.2 Å². The van der Waals surface area contributed by atoms with Crippen LogP contribution in [0.25, 0.3) is 11.3 Å². The molecule has 1 aliphatic rings. The summed E-state index contributed by atoms with van der Waals surface area (Å²) < 4.78 is 5.27. The highest BCUT2D eigenvalue weighted by Gasteiger charge is 2.26. The van der Waals surface area contributed by atoms with Crippen molar-refractivity contribution in [2.24, 2.45) is 0 Å². The second-order valence-electron chi connectivity index (χ2n) is 6.22. The molecular formula is C18H20Cl2N2O2. The first kappa shape index (κ1) is 17.3. The molecule has 1 aromatic heterocycles. The van der Waals surface area contributed by atoms with E-state index in [0.29, 0.717) is 32.6 Å². The summed E-state index contributed by atoms with van der Waals surface area (Å²) in [6, 6.07) is 5.40. The average Bonchev–Trinajstić information content (AvgIpc) is 2.75. The van der Waals surface area contributed by atoms with Crippen molar-refractivity contribution in [3.8, 4) is 11.3 Å². The maximum atomic E-state index is 12.8. The highest BCUT2D eigenvalue weighted by molar-refractivity contribution is 6.39. The molecule has 1 N–H and O–H groups in total. The number of halogens is 2. The second-order valence-corrected chi connectivity index (χ2v) is 7.04. The Hall–Kier alpha value is -1.52. The van der Waals surface area contributed by atoms with E-state index >= 15 is 0 Å². The number of nitrogens with one attached hydrogen (secondary N) is 1. The maximum Gasteiger partial charge on any atom is 0.257 e. The molecule has 0 spiro atoms. The summed E-state index contributed by atoms with van der Waals surface area (Å²) in [5.41, 5.74) is 1.34. The van der Waals surface area contributed by atoms with Crippen molar-refractivity contribution < 1.29 is 9.32 Å². The van der Waals surface area contributed by atoms with Gasteiger partial charge in [-0.05, 0) is 31.9 Å². The molecular weight excluding hydrogens is 347 g/mol. The number of benzene rings is 1. The van der Waals surface area contributed by atoms with Crippen LogP contribution in [0.5, 0.6) is 0 Å². The van der Waals surface area contributed by atoms with E-state index in [9.17, 15) is 4.79 Å². The Morgan fingerprint density at radius 3 is 2.42 bits per heavy atom. The standard InChI is InChI=1S/C18H20Cl2N2O2/c1-11-15(18(23)21-12-7-4-2-3-5-8-12)17(22-24-11)16-13(19)9-6-10-14(16)20/h6,9-10,12H,2-5,7-8H2,1H3,(H,21,23). The molecule has 1 fully saturated rings. The smallest absolute Gasteiger partial charge is 0.257 e. The van der Waals surface area contributed by atoms with E-state index in [1.165, 1.54) is 12.8 Å². The first-order valence-corrected chi connectivity index (χ1v) is 9.05. The third-order valence-corrected chi connectivity index (χ3v) is 5.11. The first-order chi connectivity index (χ1) is 11.6. The lowest BCUT2D eigenvalue weighted by molar-refractivity contribution is 0.0932. The van der Waals surface area contributed by atoms with Crippen LogP contribution in [0.4, 0.5) is 0 Å². The van der Waals surface area contributed by atoms with Crippen LogP contribution in [-0.4, -0.2) is 17.1 Å². The zero-order valence-electron chi connectivity index (χ0n) is 13.6. The Morgan fingerprint density at radius 1 is 1.17 bits per heavy atom. The summed E-state index contributed by atoms with van der Waals surface area (Å²) in [6.45, 7) is 1.73. The van der Waals surface area contributed by atoms with Gasteiger partial charge in [-0.3, -0.25) is 4.79 Å². The summed E-state index contributed by atoms with van der Waals surface area (Å²) in [7, 11) is 0. The molecule has 6 heteroatoms. The van der Waals surface area contributed by atoms with Gasteiger partial charge in [0.2, 0.25) is 0 Å². The molecule has 1 aromatic carbocycles. The van der Waals surface area contributed by atoms with Gasteiger partial charge in [-0.15, -0.1) is 0 Å². The predicted octanol–water partition coefficient (Wildman–Crippen LogP) is 5.41. The van der Waals surface area contributed by atoms with E-state index in [0.717, 1.165) is 25.7 Å². The fourth-order valence-corrected chi connectivity index (χ4v) is 3.79. The Labute approximate surface area is 151 Å². The van der Waals surface area contributed by atoms with Gasteiger partial charge in [0.1, 0.15) is 17.0 Å². The largest absolute Gasteiger partial charge is 0.360 e. The van der Waals surface area contributed by atoms with Gasteiger partial charge in [0.25, 0.3) is 5.91 Å². The molecule has 0 unspecified atom stereocenters. The molecule has 0 radical (unpaired) electrons. The highest BCUT2D eigenvalue weighted by Crippen LogP contribution is 2.36. The van der Waals surface area contributed by atoms with Gasteiger partial charge < -0.3 is 9.84 Å². The fraction of sp³-hybridized carbons (Fsp3) is 0.444. The van der Waals surface area contributed by atoms with Gasteiger partial charge in [0.15, 0.2) is 0 Å². The molecule has 1 aliphatic carbocycles. The zero-order valence-corrected chi connectivity index (χ0v) is 15.1. The van der Waals surface area contributed by atoms with Gasteiger partial charge in [0.05, 0.1) is 10.0 Å². The minimum atomic E-state index is -0.174. The Kier molecular flexibility index (Phi) is 5.47. The number of carbonyl (C=O) groups is 1. The number of amides is 1. The summed E-state index contributed by atoms with van der Waals surface area (Å²) in [5, 5.41) is 8.05. The van der Waals surface area contributed by atoms with Gasteiger partial charge in [0, 0.05) is 11.6 Å². The first-order valence-electron chi connectivity index (χ1n) is 8.29. The number of rotatable bonds is 3. The molecule has 2 aromatic rings. The minimum absolute atomic E-state index is 0.174. The Morgan fingerprint density at radius 2 is 1.79 bits per heavy atom. The molecule has 0 aliphatic heterocycles. The minimum Gasteiger partial charge on any atom is -0.360 e. The van der Waals surface area contributed by atoms with Crippen molar-refractivity contribution in [3.63, 3.8) is 0 Å². The van der Waals surface area contributed by atoms with Gasteiger partial charge >= 0.3 is 0 Å². The molecule has 0 saturated heterocycles. The third-order valence-electron chi connectivity index (χ3n) is 4.48. The van der Waals surface area contributed by atoms with Crippen molar-refractivity contribution >= 4 is 29.1 Å². The predicted molar refractivity (Wildman–Crippen MR) is 95.7 cm³/mol. The van der Waals surface area contributed by atoms with Crippen LogP contribution in [0.2, 0.25) is 10.0 Å². The summed E-state index contributed by atoms with van der Waals surface area (Å²) in [5.74, 6) is 0.291. The van der Waals surface area contributed by atoms with Gasteiger partial charge in [-0.1, -0.05) is 60.1 Å². The number of hydrogen-bond acceptors (Lipinski definition) is 3. The molecule has 3 rings (SSSR count). The van der Waals surface area contributed by atoms with Crippen molar-refractivity contribution in [2.45, 2.75) is 51.5 Å². The molecule has 1 heterocycles. The van der Waals surface area contributed by atoms with Crippen LogP contribution in [-0.2, 0) is 0 Å². The Balaban J connectivity index is 1.91. The SMILES string of the molecule is Cc1onc(-c2c(Cl)cccc2Cl)c1C(=O)NC1CCCCCC1. The molecule has 4 nitrogen and oxygen atoms in total. The molecule has 0 atom stereocenters. The molecule has 1 saturated carbocycles. The van der Waals surface area contributed by atoms with Gasteiger partial charge in [-0.25, -0.2) is 0 Å². The monoisotopic (exact) mass is 366 g/mol. The van der Waals surface area contributed by atoms with Gasteiger partial charge in [-0.2, -0.15) is 0 Å². The number of aromatic nitrogens is 1. The topological polar surface area (TPSA) is 55.1 Å². The lowest BCUT2D eigenvalue weighted by Crippen LogP contribution is -2.34. The third kappa shape index (κ3) is 3.60. The van der Waals surface area contributed by atoms with E-state index in [4.69, 9.17) is 27.7 Å². The number of nitrogens with zero attached hydrogens (tertiary/aromatic N) is 1. The quantitative estimate of drug-likeness (QED) is 0.738. The van der Waals surface area contributed by atoms with Crippen LogP contribution in [0.1, 0.15) is 54.6 Å². The van der Waals surface area contributed by atoms with E-state index in [-0.39, 0.29) is 11.9 Å². The number of hydrogen-bond donors (Lipinski definition) is 1.